The van der Waals surface area contributed by atoms with Gasteiger partial charge in [0, 0.05) is 23.2 Å². The van der Waals surface area contributed by atoms with Crippen LogP contribution < -0.4 is 15.4 Å². The van der Waals surface area contributed by atoms with E-state index in [1.807, 2.05) is 20.8 Å². The lowest BCUT2D eigenvalue weighted by Crippen LogP contribution is -2.30. The number of ether oxygens (including phenoxy) is 1. The maximum atomic E-state index is 12.9. The number of halogens is 3. The fourth-order valence-electron chi connectivity index (χ4n) is 3.02. The largest absolute Gasteiger partial charge is 0.573 e. The zero-order valence-electron chi connectivity index (χ0n) is 17.7. The van der Waals surface area contributed by atoms with Crippen LogP contribution in [0.2, 0.25) is 0 Å². The first kappa shape index (κ1) is 23.5. The topological polar surface area (TPSA) is 62.7 Å². The van der Waals surface area contributed by atoms with E-state index in [9.17, 15) is 18.0 Å². The minimum atomic E-state index is -4.74. The number of rotatable bonds is 9. The van der Waals surface area contributed by atoms with E-state index in [4.69, 9.17) is 0 Å². The van der Waals surface area contributed by atoms with Crippen molar-refractivity contribution in [3.8, 4) is 5.75 Å². The zero-order chi connectivity index (χ0) is 22.5. The van der Waals surface area contributed by atoms with Crippen molar-refractivity contribution in [3.63, 3.8) is 0 Å². The van der Waals surface area contributed by atoms with E-state index in [1.54, 1.807) is 0 Å². The molecule has 1 aromatic rings. The number of carbonyl (C=O) groups is 1. The first-order valence-corrected chi connectivity index (χ1v) is 9.77. The molecule has 1 aliphatic carbocycles. The second-order valence-electron chi connectivity index (χ2n) is 7.77. The number of amides is 1. The summed E-state index contributed by atoms with van der Waals surface area (Å²) in [6.45, 7) is 11.6. The molecule has 1 aromatic carbocycles. The molecule has 1 fully saturated rings. The Kier molecular flexibility index (Phi) is 7.34. The van der Waals surface area contributed by atoms with Crippen LogP contribution in [0.4, 0.5) is 13.2 Å². The second-order valence-corrected chi connectivity index (χ2v) is 7.77. The summed E-state index contributed by atoms with van der Waals surface area (Å²) in [5, 5.41) is 6.22. The molecule has 1 aliphatic rings. The molecular weight excluding hydrogens is 395 g/mol. The molecule has 0 spiro atoms. The minimum absolute atomic E-state index is 0.0135. The van der Waals surface area contributed by atoms with Crippen LogP contribution in [0.3, 0.4) is 0 Å². The monoisotopic (exact) mass is 423 g/mol. The van der Waals surface area contributed by atoms with Crippen LogP contribution in [0, 0.1) is 0 Å². The number of hydrogen-bond acceptors (Lipinski definition) is 4. The van der Waals surface area contributed by atoms with Crippen LogP contribution >= 0.6 is 0 Å². The van der Waals surface area contributed by atoms with Gasteiger partial charge in [0.15, 0.2) is 0 Å². The van der Waals surface area contributed by atoms with Crippen molar-refractivity contribution >= 4 is 12.6 Å². The van der Waals surface area contributed by atoms with Crippen molar-refractivity contribution in [2.45, 2.75) is 65.4 Å². The molecule has 8 heteroatoms. The number of benzene rings is 1. The molecule has 0 aromatic heterocycles. The van der Waals surface area contributed by atoms with Gasteiger partial charge < -0.3 is 15.4 Å². The van der Waals surface area contributed by atoms with Gasteiger partial charge in [0.25, 0.3) is 5.91 Å². The van der Waals surface area contributed by atoms with Crippen LogP contribution in [0.1, 0.15) is 52.5 Å². The van der Waals surface area contributed by atoms with Crippen molar-refractivity contribution in [1.82, 2.24) is 10.6 Å². The Morgan fingerprint density at radius 2 is 1.83 bits per heavy atom. The van der Waals surface area contributed by atoms with E-state index in [2.05, 4.69) is 34.0 Å². The Morgan fingerprint density at radius 1 is 1.23 bits per heavy atom. The first-order chi connectivity index (χ1) is 14.0. The highest BCUT2D eigenvalue weighted by molar-refractivity contribution is 5.98. The van der Waals surface area contributed by atoms with Gasteiger partial charge in [0.05, 0.1) is 0 Å². The second kappa shape index (κ2) is 9.36. The van der Waals surface area contributed by atoms with Crippen molar-refractivity contribution in [1.29, 1.82) is 0 Å². The third-order valence-corrected chi connectivity index (χ3v) is 4.86. The van der Waals surface area contributed by atoms with E-state index in [-0.39, 0.29) is 23.7 Å². The predicted octanol–water partition coefficient (Wildman–Crippen LogP) is 5.00. The van der Waals surface area contributed by atoms with E-state index in [1.165, 1.54) is 24.3 Å². The molecule has 0 saturated heterocycles. The molecule has 0 bridgehead atoms. The van der Waals surface area contributed by atoms with Gasteiger partial charge in [0.2, 0.25) is 0 Å². The van der Waals surface area contributed by atoms with Crippen molar-refractivity contribution < 1.29 is 22.7 Å². The number of aliphatic imine (C=N–C) groups is 1. The summed E-state index contributed by atoms with van der Waals surface area (Å²) in [5.41, 5.74) is 2.79. The van der Waals surface area contributed by atoms with Crippen LogP contribution in [0.25, 0.3) is 0 Å². The number of carbonyl (C=O) groups excluding carboxylic acids is 1. The molecule has 0 unspecified atom stereocenters. The third kappa shape index (κ3) is 6.64. The number of allylic oxidation sites excluding steroid dienone is 1. The average molecular weight is 423 g/mol. The number of alkyl halides is 3. The maximum Gasteiger partial charge on any atom is 0.573 e. The van der Waals surface area contributed by atoms with Gasteiger partial charge in [-0.15, -0.1) is 13.2 Å². The van der Waals surface area contributed by atoms with Crippen molar-refractivity contribution in [2.24, 2.45) is 4.99 Å². The molecule has 2 N–H and O–H groups in total. The summed E-state index contributed by atoms with van der Waals surface area (Å²) in [5.74, 6) is 0.0315. The van der Waals surface area contributed by atoms with Gasteiger partial charge in [-0.25, -0.2) is 4.99 Å². The van der Waals surface area contributed by atoms with Gasteiger partial charge in [-0.05, 0) is 64.4 Å². The standard InChI is InChI=1S/C22H28F3N3O2/c1-6-17(19(26-5)28-21(4)11-12-21)18(14(2)3)20(29)27-13-15-7-9-16(10-8-15)30-22(23,24)25/h7-10,28H,5-6,11-13H2,1-4H3,(H,27,29)/b19-17-. The summed E-state index contributed by atoms with van der Waals surface area (Å²) in [6, 6.07) is 5.39. The van der Waals surface area contributed by atoms with Gasteiger partial charge in [-0.1, -0.05) is 24.6 Å². The summed E-state index contributed by atoms with van der Waals surface area (Å²) in [4.78, 5) is 17.1. The minimum Gasteiger partial charge on any atom is -0.406 e. The predicted molar refractivity (Wildman–Crippen MR) is 111 cm³/mol. The SMILES string of the molecule is C=N/C(NC1(C)CC1)=C(\CC)C(C(=O)NCc1ccc(OC(F)(F)F)cc1)=C(C)C. The molecule has 0 aliphatic heterocycles. The van der Waals surface area contributed by atoms with E-state index in [0.717, 1.165) is 24.0 Å². The van der Waals surface area contributed by atoms with E-state index < -0.39 is 6.36 Å². The van der Waals surface area contributed by atoms with Crippen molar-refractivity contribution in [2.75, 3.05) is 0 Å². The van der Waals surface area contributed by atoms with Crippen molar-refractivity contribution in [3.05, 3.63) is 52.4 Å². The van der Waals surface area contributed by atoms with Gasteiger partial charge in [0.1, 0.15) is 11.6 Å². The van der Waals surface area contributed by atoms with E-state index in [0.29, 0.717) is 23.4 Å². The van der Waals surface area contributed by atoms with Crippen LogP contribution in [0.15, 0.2) is 51.8 Å². The number of hydrogen-bond donors (Lipinski definition) is 2. The quantitative estimate of drug-likeness (QED) is 0.334. The summed E-state index contributed by atoms with van der Waals surface area (Å²) in [6.07, 6.45) is -2.07. The highest BCUT2D eigenvalue weighted by Gasteiger charge is 2.38. The summed E-state index contributed by atoms with van der Waals surface area (Å²) in [7, 11) is 0. The molecule has 30 heavy (non-hydrogen) atoms. The lowest BCUT2D eigenvalue weighted by Gasteiger charge is -2.20. The molecule has 1 amide bonds. The van der Waals surface area contributed by atoms with E-state index >= 15 is 0 Å². The van der Waals surface area contributed by atoms with Gasteiger partial charge in [-0.2, -0.15) is 0 Å². The van der Waals surface area contributed by atoms with Crippen LogP contribution in [-0.2, 0) is 11.3 Å². The summed E-state index contributed by atoms with van der Waals surface area (Å²) < 4.78 is 40.7. The molecular formula is C22H28F3N3O2. The molecule has 2 rings (SSSR count). The molecule has 0 radical (unpaired) electrons. The van der Waals surface area contributed by atoms with Crippen LogP contribution in [0.5, 0.6) is 5.75 Å². The fourth-order valence-corrected chi connectivity index (χ4v) is 3.02. The Balaban J connectivity index is 2.14. The fraction of sp³-hybridized carbons (Fsp3) is 0.455. The average Bonchev–Trinajstić information content (AvgIpc) is 3.39. The Morgan fingerprint density at radius 3 is 2.27 bits per heavy atom. The Bertz CT molecular complexity index is 847. The first-order valence-electron chi connectivity index (χ1n) is 9.77. The Hall–Kier alpha value is -2.77. The molecule has 1 saturated carbocycles. The third-order valence-electron chi connectivity index (χ3n) is 4.86. The molecule has 0 atom stereocenters. The normalized spacial score (nSPS) is 15.6. The van der Waals surface area contributed by atoms with Crippen LogP contribution in [-0.4, -0.2) is 24.5 Å². The number of nitrogens with one attached hydrogen (secondary N) is 2. The molecule has 5 nitrogen and oxygen atoms in total. The van der Waals surface area contributed by atoms with Gasteiger partial charge >= 0.3 is 6.36 Å². The molecule has 0 heterocycles. The number of nitrogens with zero attached hydrogens (tertiary/aromatic N) is 1. The lowest BCUT2D eigenvalue weighted by molar-refractivity contribution is -0.274. The maximum absolute atomic E-state index is 12.9. The summed E-state index contributed by atoms with van der Waals surface area (Å²) >= 11 is 0. The van der Waals surface area contributed by atoms with Gasteiger partial charge in [-0.3, -0.25) is 4.79 Å². The molecule has 164 valence electrons. The lowest BCUT2D eigenvalue weighted by atomic mass is 9.97. The zero-order valence-corrected chi connectivity index (χ0v) is 17.7. The highest BCUT2D eigenvalue weighted by atomic mass is 19.4. The smallest absolute Gasteiger partial charge is 0.406 e. The highest BCUT2D eigenvalue weighted by Crippen LogP contribution is 2.36. The Labute approximate surface area is 175 Å².